The first-order chi connectivity index (χ1) is 9.06. The molecule has 0 aliphatic carbocycles. The van der Waals surface area contributed by atoms with Crippen LogP contribution in [0.15, 0.2) is 35.7 Å². The molecule has 0 fully saturated rings. The van der Waals surface area contributed by atoms with Gasteiger partial charge in [0, 0.05) is 3.57 Å². The Morgan fingerprint density at radius 3 is 2.79 bits per heavy atom. The lowest BCUT2D eigenvalue weighted by molar-refractivity contribution is 0.0981. The van der Waals surface area contributed by atoms with E-state index in [1.54, 1.807) is 6.07 Å². The lowest BCUT2D eigenvalue weighted by atomic mass is 10.3. The van der Waals surface area contributed by atoms with Gasteiger partial charge in [0.2, 0.25) is 0 Å². The van der Waals surface area contributed by atoms with Crippen molar-refractivity contribution in [2.24, 2.45) is 0 Å². The Labute approximate surface area is 138 Å². The average molecular weight is 423 g/mol. The van der Waals surface area contributed by atoms with E-state index in [9.17, 15) is 4.79 Å². The molecule has 0 saturated carbocycles. The smallest absolute Gasteiger partial charge is 0.267 e. The second-order valence-electron chi connectivity index (χ2n) is 3.51. The quantitative estimate of drug-likeness (QED) is 0.565. The van der Waals surface area contributed by atoms with Crippen molar-refractivity contribution in [3.05, 3.63) is 49.2 Å². The van der Waals surface area contributed by atoms with Gasteiger partial charge in [0.05, 0.1) is 15.6 Å². The van der Waals surface area contributed by atoms with Crippen molar-refractivity contribution in [2.75, 3.05) is 5.32 Å². The van der Waals surface area contributed by atoms with Gasteiger partial charge in [0.1, 0.15) is 0 Å². The third-order valence-corrected chi connectivity index (χ3v) is 4.21. The number of rotatable bonds is 2. The van der Waals surface area contributed by atoms with Gasteiger partial charge in [-0.25, -0.2) is 0 Å². The molecule has 0 unspecified atom stereocenters. The first-order valence-corrected chi connectivity index (χ1v) is 7.91. The van der Waals surface area contributed by atoms with Gasteiger partial charge in [0.25, 0.3) is 5.91 Å². The van der Waals surface area contributed by atoms with Crippen molar-refractivity contribution >= 4 is 74.5 Å². The fraction of sp³-hybridized carbons (Fsp3) is 0. The SMILES string of the molecule is O=C(NC(=S)Nc1ccc(I)cc1Cl)c1cccs1. The zero-order valence-electron chi connectivity index (χ0n) is 9.44. The molecule has 0 aliphatic heterocycles. The number of benzene rings is 1. The fourth-order valence-electron chi connectivity index (χ4n) is 1.32. The van der Waals surface area contributed by atoms with E-state index in [1.165, 1.54) is 11.3 Å². The highest BCUT2D eigenvalue weighted by Crippen LogP contribution is 2.23. The summed E-state index contributed by atoms with van der Waals surface area (Å²) in [5.41, 5.74) is 0.665. The summed E-state index contributed by atoms with van der Waals surface area (Å²) in [5.74, 6) is -0.228. The second kappa shape index (κ2) is 6.65. The molecule has 0 atom stereocenters. The van der Waals surface area contributed by atoms with Gasteiger partial charge >= 0.3 is 0 Å². The Balaban J connectivity index is 2.00. The minimum absolute atomic E-state index is 0.224. The molecule has 7 heteroatoms. The maximum absolute atomic E-state index is 11.8. The maximum Gasteiger partial charge on any atom is 0.267 e. The number of carbonyl (C=O) groups is 1. The topological polar surface area (TPSA) is 41.1 Å². The highest BCUT2D eigenvalue weighted by Gasteiger charge is 2.09. The third kappa shape index (κ3) is 4.13. The Hall–Kier alpha value is -0.700. The van der Waals surface area contributed by atoms with Crippen molar-refractivity contribution in [3.63, 3.8) is 0 Å². The molecule has 0 aliphatic rings. The van der Waals surface area contributed by atoms with E-state index in [4.69, 9.17) is 23.8 Å². The van der Waals surface area contributed by atoms with Crippen LogP contribution in [0.25, 0.3) is 0 Å². The number of amides is 1. The van der Waals surface area contributed by atoms with Gasteiger partial charge in [-0.1, -0.05) is 17.7 Å². The number of thiocarbonyl (C=S) groups is 1. The summed E-state index contributed by atoms with van der Waals surface area (Å²) in [7, 11) is 0. The largest absolute Gasteiger partial charge is 0.331 e. The fourth-order valence-corrected chi connectivity index (χ4v) is 3.04. The van der Waals surface area contributed by atoms with Gasteiger partial charge in [-0.05, 0) is 64.5 Å². The van der Waals surface area contributed by atoms with Crippen LogP contribution in [-0.4, -0.2) is 11.0 Å². The molecule has 0 radical (unpaired) electrons. The molecule has 0 spiro atoms. The Kier molecular flexibility index (Phi) is 5.14. The molecule has 2 aromatic rings. The monoisotopic (exact) mass is 422 g/mol. The number of carbonyl (C=O) groups excluding carboxylic acids is 1. The third-order valence-electron chi connectivity index (χ3n) is 2.15. The van der Waals surface area contributed by atoms with Crippen LogP contribution < -0.4 is 10.6 Å². The van der Waals surface area contributed by atoms with E-state index in [-0.39, 0.29) is 11.0 Å². The zero-order valence-corrected chi connectivity index (χ0v) is 14.0. The number of nitrogens with one attached hydrogen (secondary N) is 2. The van der Waals surface area contributed by atoms with Crippen molar-refractivity contribution in [1.82, 2.24) is 5.32 Å². The summed E-state index contributed by atoms with van der Waals surface area (Å²) in [6.07, 6.45) is 0. The number of hydrogen-bond donors (Lipinski definition) is 2. The summed E-state index contributed by atoms with van der Waals surface area (Å²) < 4.78 is 1.03. The minimum Gasteiger partial charge on any atom is -0.331 e. The predicted octanol–water partition coefficient (Wildman–Crippen LogP) is 4.13. The van der Waals surface area contributed by atoms with Crippen LogP contribution >= 0.6 is 57.7 Å². The van der Waals surface area contributed by atoms with Crippen molar-refractivity contribution < 1.29 is 4.79 Å². The van der Waals surface area contributed by atoms with Crippen LogP contribution in [0.2, 0.25) is 5.02 Å². The molecule has 3 nitrogen and oxygen atoms in total. The summed E-state index contributed by atoms with van der Waals surface area (Å²) in [6.45, 7) is 0. The van der Waals surface area contributed by atoms with Gasteiger partial charge < -0.3 is 5.32 Å². The first-order valence-electron chi connectivity index (χ1n) is 5.17. The van der Waals surface area contributed by atoms with Crippen LogP contribution in [0.4, 0.5) is 5.69 Å². The van der Waals surface area contributed by atoms with Crippen molar-refractivity contribution in [2.45, 2.75) is 0 Å². The van der Waals surface area contributed by atoms with E-state index in [1.807, 2.05) is 29.6 Å². The average Bonchev–Trinajstić information content (AvgIpc) is 2.86. The summed E-state index contributed by atoms with van der Waals surface area (Å²) in [6, 6.07) is 9.08. The molecule has 19 heavy (non-hydrogen) atoms. The standard InChI is InChI=1S/C12H8ClIN2OS2/c13-8-6-7(14)3-4-9(8)15-12(18)16-11(17)10-2-1-5-19-10/h1-6H,(H2,15,16,17,18). The number of anilines is 1. The van der Waals surface area contributed by atoms with Crippen LogP contribution in [0, 0.1) is 3.57 Å². The Bertz CT molecular complexity index is 616. The molecule has 1 heterocycles. The second-order valence-corrected chi connectivity index (χ2v) is 6.52. The van der Waals surface area contributed by atoms with Crippen LogP contribution in [0.5, 0.6) is 0 Å². The number of thiophene rings is 1. The van der Waals surface area contributed by atoms with E-state index in [2.05, 4.69) is 33.2 Å². The minimum atomic E-state index is -0.228. The first kappa shape index (κ1) is 14.7. The maximum atomic E-state index is 11.8. The normalized spacial score (nSPS) is 10.0. The van der Waals surface area contributed by atoms with E-state index >= 15 is 0 Å². The summed E-state index contributed by atoms with van der Waals surface area (Å²) in [5, 5.41) is 8.12. The van der Waals surface area contributed by atoms with E-state index < -0.39 is 0 Å². The zero-order chi connectivity index (χ0) is 13.8. The molecule has 2 rings (SSSR count). The number of halogens is 2. The van der Waals surface area contributed by atoms with Gasteiger partial charge in [0.15, 0.2) is 5.11 Å². The number of hydrogen-bond acceptors (Lipinski definition) is 3. The molecule has 0 saturated heterocycles. The lowest BCUT2D eigenvalue weighted by Gasteiger charge is -2.10. The van der Waals surface area contributed by atoms with E-state index in [0.29, 0.717) is 15.6 Å². The lowest BCUT2D eigenvalue weighted by Crippen LogP contribution is -2.33. The van der Waals surface area contributed by atoms with Gasteiger partial charge in [-0.3, -0.25) is 10.1 Å². The van der Waals surface area contributed by atoms with Crippen LogP contribution in [-0.2, 0) is 0 Å². The molecule has 98 valence electrons. The van der Waals surface area contributed by atoms with Crippen LogP contribution in [0.3, 0.4) is 0 Å². The van der Waals surface area contributed by atoms with Crippen molar-refractivity contribution in [1.29, 1.82) is 0 Å². The summed E-state index contributed by atoms with van der Waals surface area (Å²) >= 11 is 14.7. The molecule has 1 aromatic heterocycles. The molecule has 0 bridgehead atoms. The predicted molar refractivity (Wildman–Crippen MR) is 92.2 cm³/mol. The van der Waals surface area contributed by atoms with Gasteiger partial charge in [-0.2, -0.15) is 0 Å². The summed E-state index contributed by atoms with van der Waals surface area (Å²) in [4.78, 5) is 12.4. The molecule has 2 N–H and O–H groups in total. The molecule has 1 aromatic carbocycles. The van der Waals surface area contributed by atoms with Crippen molar-refractivity contribution in [3.8, 4) is 0 Å². The molecular weight excluding hydrogens is 415 g/mol. The highest BCUT2D eigenvalue weighted by atomic mass is 127. The van der Waals surface area contributed by atoms with Crippen LogP contribution in [0.1, 0.15) is 9.67 Å². The highest BCUT2D eigenvalue weighted by molar-refractivity contribution is 14.1. The van der Waals surface area contributed by atoms with Gasteiger partial charge in [-0.15, -0.1) is 11.3 Å². The molecule has 1 amide bonds. The van der Waals surface area contributed by atoms with E-state index in [0.717, 1.165) is 3.57 Å². The Morgan fingerprint density at radius 1 is 1.37 bits per heavy atom. The Morgan fingerprint density at radius 2 is 2.16 bits per heavy atom. The molecular formula is C12H8ClIN2OS2.